The summed E-state index contributed by atoms with van der Waals surface area (Å²) in [5.74, 6) is -0.819. The number of anilines is 2. The molecular weight excluding hydrogens is 644 g/mol. The van der Waals surface area contributed by atoms with Crippen molar-refractivity contribution in [2.24, 2.45) is 0 Å². The number of aromatic nitrogens is 4. The number of benzene rings is 4. The molecule has 0 atom stereocenters. The highest BCUT2D eigenvalue weighted by atomic mass is 16.6. The van der Waals surface area contributed by atoms with Crippen LogP contribution in [-0.4, -0.2) is 72.7 Å². The molecule has 0 bridgehead atoms. The molecule has 12 heteroatoms. The summed E-state index contributed by atoms with van der Waals surface area (Å²) >= 11 is 0. The zero-order chi connectivity index (χ0) is 34.6. The standard InChI is InChI=1S/C39H40N8O4/c48-38-36(28-42-19-23-44(24-20-42)32-7-3-1-4-8-32)46(40-50-38)34-15-11-30(12-16-34)27-31-13-17-35(18-14-31)47-37(39(49)51-41-47)29-43-21-25-45(26-22-43)33-9-5-2-6-10-33/h1-18H,19-29H2. The fraction of sp³-hybridized carbons (Fsp3) is 0.282. The second-order valence-corrected chi connectivity index (χ2v) is 13.1. The Morgan fingerprint density at radius 2 is 0.863 bits per heavy atom. The van der Waals surface area contributed by atoms with E-state index in [1.165, 1.54) is 11.4 Å². The van der Waals surface area contributed by atoms with Gasteiger partial charge in [-0.2, -0.15) is 0 Å². The van der Waals surface area contributed by atoms with Gasteiger partial charge in [0.1, 0.15) is 0 Å². The molecule has 12 nitrogen and oxygen atoms in total. The molecule has 51 heavy (non-hydrogen) atoms. The second-order valence-electron chi connectivity index (χ2n) is 13.1. The molecule has 2 aliphatic heterocycles. The van der Waals surface area contributed by atoms with E-state index >= 15 is 0 Å². The summed E-state index contributed by atoms with van der Waals surface area (Å²) in [5, 5.41) is 33.5. The first kappa shape index (κ1) is 32.5. The van der Waals surface area contributed by atoms with E-state index in [0.29, 0.717) is 30.9 Å². The van der Waals surface area contributed by atoms with Gasteiger partial charge in [0.25, 0.3) is 11.4 Å². The first-order valence-corrected chi connectivity index (χ1v) is 17.5. The lowest BCUT2D eigenvalue weighted by Crippen LogP contribution is -2.48. The van der Waals surface area contributed by atoms with Gasteiger partial charge >= 0.3 is 0 Å². The van der Waals surface area contributed by atoms with Crippen LogP contribution in [0.1, 0.15) is 22.5 Å². The predicted molar refractivity (Wildman–Crippen MR) is 186 cm³/mol. The van der Waals surface area contributed by atoms with Crippen molar-refractivity contribution in [2.45, 2.75) is 19.5 Å². The average Bonchev–Trinajstić information content (AvgIpc) is 3.74. The molecule has 0 radical (unpaired) electrons. The third-order valence-electron chi connectivity index (χ3n) is 9.90. The van der Waals surface area contributed by atoms with Crippen LogP contribution in [0.4, 0.5) is 11.4 Å². The third-order valence-corrected chi connectivity index (χ3v) is 9.90. The number of hydrogen-bond acceptors (Lipinski definition) is 10. The maximum Gasteiger partial charge on any atom is 0.254 e. The fourth-order valence-corrected chi connectivity index (χ4v) is 6.98. The predicted octanol–water partition coefficient (Wildman–Crippen LogP) is 2.60. The molecule has 0 unspecified atom stereocenters. The van der Waals surface area contributed by atoms with E-state index in [2.05, 4.69) is 78.7 Å². The zero-order valence-electron chi connectivity index (χ0n) is 28.4. The Bertz CT molecular complexity index is 1870. The van der Waals surface area contributed by atoms with Crippen molar-refractivity contribution in [1.29, 1.82) is 0 Å². The summed E-state index contributed by atoms with van der Waals surface area (Å²) in [6.45, 7) is 7.91. The largest absolute Gasteiger partial charge is 0.539 e. The average molecular weight is 685 g/mol. The molecule has 6 aromatic rings. The lowest BCUT2D eigenvalue weighted by Gasteiger charge is -2.35. The SMILES string of the molecule is [O-]c1on[n+](-c2ccc(Cc3ccc(-[n+]4noc([O-])c4CN4CCN(c5ccccc5)CC4)cc3)cc2)c1CN1CCN(c2ccccc2)CC1. The van der Waals surface area contributed by atoms with Gasteiger partial charge in [0, 0.05) is 88.0 Å². The smallest absolute Gasteiger partial charge is 0.254 e. The second kappa shape index (κ2) is 14.6. The van der Waals surface area contributed by atoms with Crippen LogP contribution < -0.4 is 29.4 Å². The molecule has 260 valence electrons. The van der Waals surface area contributed by atoms with Crippen molar-refractivity contribution in [2.75, 3.05) is 62.2 Å². The molecule has 0 N–H and O–H groups in total. The highest BCUT2D eigenvalue weighted by Gasteiger charge is 2.27. The molecule has 8 rings (SSSR count). The van der Waals surface area contributed by atoms with E-state index in [9.17, 15) is 10.2 Å². The minimum atomic E-state index is -0.410. The number of piperazine rings is 2. The highest BCUT2D eigenvalue weighted by Crippen LogP contribution is 2.21. The van der Waals surface area contributed by atoms with Gasteiger partial charge in [-0.3, -0.25) is 9.80 Å². The topological polar surface area (TPSA) is 119 Å². The van der Waals surface area contributed by atoms with E-state index in [-0.39, 0.29) is 0 Å². The van der Waals surface area contributed by atoms with Gasteiger partial charge in [0.05, 0.1) is 23.6 Å². The van der Waals surface area contributed by atoms with Gasteiger partial charge < -0.3 is 29.1 Å². The summed E-state index contributed by atoms with van der Waals surface area (Å²) in [5.41, 5.74) is 7.27. The van der Waals surface area contributed by atoms with Gasteiger partial charge in [-0.05, 0) is 51.2 Å². The Kier molecular flexibility index (Phi) is 9.32. The Morgan fingerprint density at radius 3 is 1.24 bits per heavy atom. The normalized spacial score (nSPS) is 15.8. The van der Waals surface area contributed by atoms with Crippen molar-refractivity contribution in [3.05, 3.63) is 132 Å². The van der Waals surface area contributed by atoms with E-state index in [0.717, 1.165) is 74.9 Å². The van der Waals surface area contributed by atoms with Crippen LogP contribution in [-0.2, 0) is 19.5 Å². The number of rotatable bonds is 10. The molecule has 2 aliphatic rings. The Labute approximate surface area is 296 Å². The van der Waals surface area contributed by atoms with Crippen LogP contribution in [0.2, 0.25) is 0 Å². The van der Waals surface area contributed by atoms with Crippen LogP contribution in [0.5, 0.6) is 11.9 Å². The quantitative estimate of drug-likeness (QED) is 0.199. The summed E-state index contributed by atoms with van der Waals surface area (Å²) in [6.07, 6.45) is 0.713. The maximum absolute atomic E-state index is 12.7. The maximum atomic E-state index is 12.7. The van der Waals surface area contributed by atoms with Crippen molar-refractivity contribution < 1.29 is 28.6 Å². The molecule has 0 saturated carbocycles. The summed E-state index contributed by atoms with van der Waals surface area (Å²) in [4.78, 5) is 9.28. The Morgan fingerprint density at radius 1 is 0.490 bits per heavy atom. The Balaban J connectivity index is 0.876. The summed E-state index contributed by atoms with van der Waals surface area (Å²) in [6, 6.07) is 36.9. The first-order chi connectivity index (χ1) is 25.1. The van der Waals surface area contributed by atoms with Gasteiger partial charge in [-0.25, -0.2) is 0 Å². The van der Waals surface area contributed by atoms with Gasteiger partial charge in [-0.1, -0.05) is 60.7 Å². The molecule has 0 amide bonds. The first-order valence-electron chi connectivity index (χ1n) is 17.5. The molecule has 2 saturated heterocycles. The van der Waals surface area contributed by atoms with Crippen molar-refractivity contribution in [3.63, 3.8) is 0 Å². The van der Waals surface area contributed by atoms with Crippen LogP contribution in [0.3, 0.4) is 0 Å². The number of para-hydroxylation sites is 2. The van der Waals surface area contributed by atoms with E-state index < -0.39 is 11.9 Å². The molecule has 2 aromatic heterocycles. The van der Waals surface area contributed by atoms with E-state index in [1.54, 1.807) is 9.36 Å². The minimum Gasteiger partial charge on any atom is -0.539 e. The molecule has 0 spiro atoms. The zero-order valence-corrected chi connectivity index (χ0v) is 28.4. The third kappa shape index (κ3) is 7.28. The molecular formula is C39H40N8O4. The summed E-state index contributed by atoms with van der Waals surface area (Å²) < 4.78 is 13.5. The molecule has 4 heterocycles. The van der Waals surface area contributed by atoms with E-state index in [1.807, 2.05) is 60.7 Å². The highest BCUT2D eigenvalue weighted by molar-refractivity contribution is 5.47. The number of hydrogen-bond donors (Lipinski definition) is 0. The molecule has 4 aromatic carbocycles. The van der Waals surface area contributed by atoms with Crippen LogP contribution in [0, 0.1) is 0 Å². The van der Waals surface area contributed by atoms with Crippen molar-refractivity contribution in [3.8, 4) is 23.3 Å². The monoisotopic (exact) mass is 684 g/mol. The van der Waals surface area contributed by atoms with Gasteiger partial charge in [-0.15, -0.1) is 0 Å². The van der Waals surface area contributed by atoms with Crippen LogP contribution in [0.25, 0.3) is 11.4 Å². The van der Waals surface area contributed by atoms with Crippen molar-refractivity contribution >= 4 is 11.4 Å². The van der Waals surface area contributed by atoms with E-state index in [4.69, 9.17) is 9.05 Å². The van der Waals surface area contributed by atoms with Crippen LogP contribution in [0.15, 0.2) is 118 Å². The fourth-order valence-electron chi connectivity index (χ4n) is 6.98. The molecule has 0 aliphatic carbocycles. The van der Waals surface area contributed by atoms with Gasteiger partial charge in [0.15, 0.2) is 11.9 Å². The van der Waals surface area contributed by atoms with Gasteiger partial charge in [0.2, 0.25) is 11.4 Å². The van der Waals surface area contributed by atoms with Crippen LogP contribution >= 0.6 is 0 Å². The molecule has 2 fully saturated rings. The lowest BCUT2D eigenvalue weighted by atomic mass is 10.0. The number of nitrogens with zero attached hydrogens (tertiary/aromatic N) is 8. The lowest BCUT2D eigenvalue weighted by molar-refractivity contribution is -0.678. The Hall–Kier alpha value is -5.72. The summed E-state index contributed by atoms with van der Waals surface area (Å²) in [7, 11) is 0. The minimum absolute atomic E-state index is 0.410. The van der Waals surface area contributed by atoms with Crippen molar-refractivity contribution in [1.82, 2.24) is 20.3 Å².